The van der Waals surface area contributed by atoms with Crippen LogP contribution in [0.2, 0.25) is 0 Å². The lowest BCUT2D eigenvalue weighted by Crippen LogP contribution is -2.36. The summed E-state index contributed by atoms with van der Waals surface area (Å²) in [4.78, 5) is 11.0. The van der Waals surface area contributed by atoms with E-state index in [1.54, 1.807) is 19.9 Å². The Bertz CT molecular complexity index is 378. The van der Waals surface area contributed by atoms with Gasteiger partial charge in [0, 0.05) is 0 Å². The van der Waals surface area contributed by atoms with Gasteiger partial charge in [-0.25, -0.2) is 0 Å². The molecule has 25 heavy (non-hydrogen) atoms. The minimum Gasteiger partial charge on any atom is -0.481 e. The Kier molecular flexibility index (Phi) is 12.8. The molecule has 0 fully saturated rings. The average Bonchev–Trinajstić information content (AvgIpc) is 2.56. The van der Waals surface area contributed by atoms with Crippen molar-refractivity contribution in [2.45, 2.75) is 103 Å². The van der Waals surface area contributed by atoms with Crippen LogP contribution in [0, 0.1) is 5.41 Å². The van der Waals surface area contributed by atoms with E-state index in [4.69, 9.17) is 5.11 Å². The Morgan fingerprint density at radius 1 is 1.00 bits per heavy atom. The maximum atomic E-state index is 11.0. The van der Waals surface area contributed by atoms with Crippen molar-refractivity contribution in [2.75, 3.05) is 0 Å². The fourth-order valence-electron chi connectivity index (χ4n) is 2.61. The van der Waals surface area contributed by atoms with E-state index in [2.05, 4.69) is 6.92 Å². The summed E-state index contributed by atoms with van der Waals surface area (Å²) in [5, 5.41) is 38.9. The summed E-state index contributed by atoms with van der Waals surface area (Å²) in [6.07, 6.45) is 9.23. The molecule has 3 atom stereocenters. The van der Waals surface area contributed by atoms with Gasteiger partial charge in [-0.15, -0.1) is 0 Å². The summed E-state index contributed by atoms with van der Waals surface area (Å²) in [6.45, 7) is 5.49. The molecule has 148 valence electrons. The van der Waals surface area contributed by atoms with Crippen LogP contribution in [0.25, 0.3) is 0 Å². The van der Waals surface area contributed by atoms with E-state index < -0.39 is 29.7 Å². The third-order valence-corrected chi connectivity index (χ3v) is 4.70. The molecule has 0 bridgehead atoms. The fraction of sp³-hybridized carbons (Fsp3) is 0.850. The predicted molar refractivity (Wildman–Crippen MR) is 100 cm³/mol. The third kappa shape index (κ3) is 11.3. The van der Waals surface area contributed by atoms with Gasteiger partial charge in [0.1, 0.15) is 12.2 Å². The summed E-state index contributed by atoms with van der Waals surface area (Å²) in [5.41, 5.74) is -0.815. The minimum absolute atomic E-state index is 0.447. The molecular formula is C20H38O5. The summed E-state index contributed by atoms with van der Waals surface area (Å²) < 4.78 is 0. The van der Waals surface area contributed by atoms with Gasteiger partial charge >= 0.3 is 5.97 Å². The number of carbonyl (C=O) groups is 1. The van der Waals surface area contributed by atoms with Crippen LogP contribution in [0.3, 0.4) is 0 Å². The second kappa shape index (κ2) is 13.3. The summed E-state index contributed by atoms with van der Waals surface area (Å²) in [7, 11) is 0. The first-order valence-electron chi connectivity index (χ1n) is 9.66. The molecule has 0 saturated heterocycles. The SMILES string of the molecule is CCCCCCCCCC(O)C(O)C(O)/C=C\CCC(C)(C)C(=O)O. The number of carboxylic acids is 1. The molecule has 0 aliphatic carbocycles. The lowest BCUT2D eigenvalue weighted by atomic mass is 9.88. The number of hydrogen-bond donors (Lipinski definition) is 4. The van der Waals surface area contributed by atoms with Crippen LogP contribution < -0.4 is 0 Å². The molecule has 0 heterocycles. The average molecular weight is 359 g/mol. The van der Waals surface area contributed by atoms with E-state index in [1.165, 1.54) is 31.8 Å². The van der Waals surface area contributed by atoms with Gasteiger partial charge in [0.15, 0.2) is 0 Å². The van der Waals surface area contributed by atoms with E-state index in [-0.39, 0.29) is 0 Å². The van der Waals surface area contributed by atoms with E-state index in [0.29, 0.717) is 19.3 Å². The van der Waals surface area contributed by atoms with Gasteiger partial charge in [-0.1, -0.05) is 64.0 Å². The zero-order chi connectivity index (χ0) is 19.3. The molecule has 3 unspecified atom stereocenters. The first-order valence-corrected chi connectivity index (χ1v) is 9.66. The highest BCUT2D eigenvalue weighted by atomic mass is 16.4. The van der Waals surface area contributed by atoms with E-state index >= 15 is 0 Å². The molecule has 0 aliphatic rings. The molecule has 4 N–H and O–H groups in total. The highest BCUT2D eigenvalue weighted by molar-refractivity contribution is 5.73. The Morgan fingerprint density at radius 2 is 1.56 bits per heavy atom. The van der Waals surface area contributed by atoms with Gasteiger partial charge in [-0.3, -0.25) is 4.79 Å². The molecule has 0 saturated carbocycles. The number of unbranched alkanes of at least 4 members (excludes halogenated alkanes) is 6. The van der Waals surface area contributed by atoms with Crippen molar-refractivity contribution in [3.63, 3.8) is 0 Å². The molecule has 0 aromatic rings. The normalized spacial score (nSPS) is 16.1. The van der Waals surface area contributed by atoms with Gasteiger partial charge < -0.3 is 20.4 Å². The maximum Gasteiger partial charge on any atom is 0.309 e. The smallest absolute Gasteiger partial charge is 0.309 e. The predicted octanol–water partition coefficient (Wildman–Crippen LogP) is 3.66. The van der Waals surface area contributed by atoms with Crippen LogP contribution in [0.1, 0.15) is 85.0 Å². The second-order valence-electron chi connectivity index (χ2n) is 7.61. The van der Waals surface area contributed by atoms with E-state index in [9.17, 15) is 20.1 Å². The molecule has 5 nitrogen and oxygen atoms in total. The number of aliphatic hydroxyl groups excluding tert-OH is 3. The quantitative estimate of drug-likeness (QED) is 0.264. The highest BCUT2D eigenvalue weighted by Crippen LogP contribution is 2.22. The van der Waals surface area contributed by atoms with E-state index in [1.807, 2.05) is 0 Å². The van der Waals surface area contributed by atoms with Crippen molar-refractivity contribution in [3.05, 3.63) is 12.2 Å². The number of allylic oxidation sites excluding steroid dienone is 1. The second-order valence-corrected chi connectivity index (χ2v) is 7.61. The topological polar surface area (TPSA) is 98.0 Å². The van der Waals surface area contributed by atoms with Gasteiger partial charge in [0.2, 0.25) is 0 Å². The number of rotatable bonds is 15. The number of aliphatic carboxylic acids is 1. The van der Waals surface area contributed by atoms with Crippen molar-refractivity contribution in [1.29, 1.82) is 0 Å². The van der Waals surface area contributed by atoms with Crippen LogP contribution in [0.15, 0.2) is 12.2 Å². The molecule has 0 spiro atoms. The van der Waals surface area contributed by atoms with Crippen molar-refractivity contribution in [3.8, 4) is 0 Å². The molecule has 0 aromatic heterocycles. The van der Waals surface area contributed by atoms with Crippen LogP contribution in [-0.4, -0.2) is 44.7 Å². The first kappa shape index (κ1) is 24.1. The monoisotopic (exact) mass is 358 g/mol. The fourth-order valence-corrected chi connectivity index (χ4v) is 2.61. The summed E-state index contributed by atoms with van der Waals surface area (Å²) >= 11 is 0. The largest absolute Gasteiger partial charge is 0.481 e. The molecular weight excluding hydrogens is 320 g/mol. The number of carboxylic acid groups (broad SMARTS) is 1. The number of aliphatic hydroxyl groups is 3. The Balaban J connectivity index is 3.96. The number of hydrogen-bond acceptors (Lipinski definition) is 4. The molecule has 0 radical (unpaired) electrons. The van der Waals surface area contributed by atoms with Gasteiger partial charge in [0.25, 0.3) is 0 Å². The third-order valence-electron chi connectivity index (χ3n) is 4.70. The highest BCUT2D eigenvalue weighted by Gasteiger charge is 2.26. The maximum absolute atomic E-state index is 11.0. The van der Waals surface area contributed by atoms with Crippen LogP contribution >= 0.6 is 0 Å². The summed E-state index contributed by atoms with van der Waals surface area (Å²) in [6, 6.07) is 0. The van der Waals surface area contributed by atoms with Crippen molar-refractivity contribution in [2.24, 2.45) is 5.41 Å². The summed E-state index contributed by atoms with van der Waals surface area (Å²) in [5.74, 6) is -0.855. The zero-order valence-corrected chi connectivity index (χ0v) is 16.2. The Morgan fingerprint density at radius 3 is 2.12 bits per heavy atom. The van der Waals surface area contributed by atoms with Crippen LogP contribution in [0.4, 0.5) is 0 Å². The van der Waals surface area contributed by atoms with Crippen LogP contribution in [0.5, 0.6) is 0 Å². The lowest BCUT2D eigenvalue weighted by Gasteiger charge is -2.21. The van der Waals surface area contributed by atoms with Crippen LogP contribution in [-0.2, 0) is 4.79 Å². The molecule has 5 heteroatoms. The zero-order valence-electron chi connectivity index (χ0n) is 16.2. The molecule has 0 aliphatic heterocycles. The van der Waals surface area contributed by atoms with Crippen molar-refractivity contribution in [1.82, 2.24) is 0 Å². The standard InChI is InChI=1S/C20H38O5/c1-4-5-6-7-8-9-10-13-16(21)18(23)17(22)14-11-12-15-20(2,3)19(24)25/h11,14,16-18,21-23H,4-10,12-13,15H2,1-3H3,(H,24,25)/b14-11-. The minimum atomic E-state index is -1.20. The van der Waals surface area contributed by atoms with Gasteiger partial charge in [-0.2, -0.15) is 0 Å². The van der Waals surface area contributed by atoms with Gasteiger partial charge in [-0.05, 0) is 33.1 Å². The van der Waals surface area contributed by atoms with Crippen molar-refractivity contribution >= 4 is 5.97 Å². The van der Waals surface area contributed by atoms with Gasteiger partial charge in [0.05, 0.1) is 11.5 Å². The Hall–Kier alpha value is -0.910. The lowest BCUT2D eigenvalue weighted by molar-refractivity contribution is -0.147. The first-order chi connectivity index (χ1) is 11.7. The molecule has 0 aromatic carbocycles. The molecule has 0 rings (SSSR count). The Labute approximate surface area is 152 Å². The molecule has 0 amide bonds. The van der Waals surface area contributed by atoms with E-state index in [0.717, 1.165) is 19.3 Å². The van der Waals surface area contributed by atoms with Crippen molar-refractivity contribution < 1.29 is 25.2 Å².